The highest BCUT2D eigenvalue weighted by Gasteiger charge is 2.02. The maximum absolute atomic E-state index is 8.75. The fraction of sp³-hybridized carbons (Fsp3) is 0.125. The minimum absolute atomic E-state index is 0.563. The van der Waals surface area contributed by atoms with Crippen molar-refractivity contribution >= 4 is 5.65 Å². The maximum Gasteiger partial charge on any atom is 0.172 e. The summed E-state index contributed by atoms with van der Waals surface area (Å²) in [6.07, 6.45) is 3.28. The molecule has 0 aliphatic rings. The summed E-state index contributed by atoms with van der Waals surface area (Å²) < 4.78 is 1.61. The smallest absolute Gasteiger partial charge is 0.172 e. The van der Waals surface area contributed by atoms with Gasteiger partial charge in [0.1, 0.15) is 12.4 Å². The van der Waals surface area contributed by atoms with E-state index in [0.717, 1.165) is 5.56 Å². The number of rotatable bonds is 0. The van der Waals surface area contributed by atoms with Crippen molar-refractivity contribution in [2.75, 3.05) is 0 Å². The van der Waals surface area contributed by atoms with Crippen molar-refractivity contribution in [1.82, 2.24) is 14.6 Å². The third kappa shape index (κ3) is 0.839. The van der Waals surface area contributed by atoms with Crippen molar-refractivity contribution in [2.45, 2.75) is 6.92 Å². The van der Waals surface area contributed by atoms with E-state index in [-0.39, 0.29) is 0 Å². The van der Waals surface area contributed by atoms with E-state index in [0.29, 0.717) is 11.2 Å². The van der Waals surface area contributed by atoms with Gasteiger partial charge in [0.05, 0.1) is 5.56 Å². The zero-order valence-electron chi connectivity index (χ0n) is 6.52. The van der Waals surface area contributed by atoms with Crippen molar-refractivity contribution in [3.8, 4) is 6.07 Å². The molecule has 2 rings (SSSR count). The van der Waals surface area contributed by atoms with Crippen LogP contribution in [0.1, 0.15) is 11.1 Å². The molecular formula is C8H6N4. The highest BCUT2D eigenvalue weighted by atomic mass is 15.3. The summed E-state index contributed by atoms with van der Waals surface area (Å²) in [5, 5.41) is 12.7. The van der Waals surface area contributed by atoms with Crippen molar-refractivity contribution in [1.29, 1.82) is 5.26 Å². The van der Waals surface area contributed by atoms with Gasteiger partial charge in [-0.2, -0.15) is 10.4 Å². The summed E-state index contributed by atoms with van der Waals surface area (Å²) in [6, 6.07) is 3.87. The molecule has 2 aromatic heterocycles. The molecule has 0 unspecified atom stereocenters. The van der Waals surface area contributed by atoms with E-state index in [9.17, 15) is 0 Å². The topological polar surface area (TPSA) is 54.0 Å². The minimum atomic E-state index is 0.563. The maximum atomic E-state index is 8.75. The average molecular weight is 158 g/mol. The summed E-state index contributed by atoms with van der Waals surface area (Å²) in [6.45, 7) is 1.92. The molecule has 2 aromatic rings. The first-order valence-corrected chi connectivity index (χ1v) is 3.51. The molecule has 58 valence electrons. The van der Waals surface area contributed by atoms with Gasteiger partial charge in [-0.15, -0.1) is 0 Å². The first-order valence-electron chi connectivity index (χ1n) is 3.51. The predicted octanol–water partition coefficient (Wildman–Crippen LogP) is 0.909. The first-order chi connectivity index (χ1) is 5.81. The number of hydrogen-bond donors (Lipinski definition) is 0. The highest BCUT2D eigenvalue weighted by Crippen LogP contribution is 2.08. The fourth-order valence-electron chi connectivity index (χ4n) is 1.14. The van der Waals surface area contributed by atoms with Crippen LogP contribution in [0.2, 0.25) is 0 Å². The summed E-state index contributed by atoms with van der Waals surface area (Å²) in [7, 11) is 0. The summed E-state index contributed by atoms with van der Waals surface area (Å²) in [5.74, 6) is 0. The Morgan fingerprint density at radius 2 is 2.42 bits per heavy atom. The summed E-state index contributed by atoms with van der Waals surface area (Å²) >= 11 is 0. The van der Waals surface area contributed by atoms with Gasteiger partial charge in [0.25, 0.3) is 0 Å². The lowest BCUT2D eigenvalue weighted by atomic mass is 10.2. The molecule has 12 heavy (non-hydrogen) atoms. The molecule has 2 heterocycles. The number of hydrogen-bond acceptors (Lipinski definition) is 3. The molecule has 0 saturated carbocycles. The van der Waals surface area contributed by atoms with Crippen molar-refractivity contribution in [3.05, 3.63) is 29.7 Å². The summed E-state index contributed by atoms with van der Waals surface area (Å²) in [5.41, 5.74) is 2.18. The highest BCUT2D eigenvalue weighted by molar-refractivity contribution is 5.54. The monoisotopic (exact) mass is 158 g/mol. The molecule has 4 nitrogen and oxygen atoms in total. The van der Waals surface area contributed by atoms with Crippen LogP contribution in [0.15, 0.2) is 18.6 Å². The van der Waals surface area contributed by atoms with Crippen LogP contribution in [-0.4, -0.2) is 14.6 Å². The van der Waals surface area contributed by atoms with Gasteiger partial charge < -0.3 is 0 Å². The van der Waals surface area contributed by atoms with Gasteiger partial charge in [0, 0.05) is 6.20 Å². The fourth-order valence-corrected chi connectivity index (χ4v) is 1.14. The Hall–Kier alpha value is -1.89. The predicted molar refractivity (Wildman–Crippen MR) is 42.4 cm³/mol. The lowest BCUT2D eigenvalue weighted by Crippen LogP contribution is -1.91. The molecular weight excluding hydrogens is 152 g/mol. The second-order valence-corrected chi connectivity index (χ2v) is 2.57. The van der Waals surface area contributed by atoms with Crippen molar-refractivity contribution < 1.29 is 0 Å². The molecule has 0 spiro atoms. The van der Waals surface area contributed by atoms with Gasteiger partial charge in [-0.05, 0) is 18.6 Å². The first kappa shape index (κ1) is 6.80. The molecule has 0 fully saturated rings. The van der Waals surface area contributed by atoms with E-state index in [1.165, 1.54) is 6.33 Å². The normalized spacial score (nSPS) is 10.0. The molecule has 0 aliphatic carbocycles. The zero-order chi connectivity index (χ0) is 8.55. The number of aromatic nitrogens is 3. The van der Waals surface area contributed by atoms with Crippen LogP contribution in [0.4, 0.5) is 0 Å². The van der Waals surface area contributed by atoms with Crippen LogP contribution in [0, 0.1) is 18.3 Å². The van der Waals surface area contributed by atoms with E-state index in [2.05, 4.69) is 16.2 Å². The molecule has 0 aromatic carbocycles. The van der Waals surface area contributed by atoms with Gasteiger partial charge in [-0.1, -0.05) is 0 Å². The molecule has 0 radical (unpaired) electrons. The van der Waals surface area contributed by atoms with E-state index < -0.39 is 0 Å². The Morgan fingerprint density at radius 3 is 3.17 bits per heavy atom. The van der Waals surface area contributed by atoms with Gasteiger partial charge in [0.15, 0.2) is 5.65 Å². The second kappa shape index (κ2) is 2.31. The Kier molecular flexibility index (Phi) is 1.31. The standard InChI is InChI=1S/C8H6N4/c1-6-2-7(3-9)8-10-5-11-12(8)4-6/h2,4-5H,1H3. The van der Waals surface area contributed by atoms with E-state index >= 15 is 0 Å². The van der Waals surface area contributed by atoms with Crippen LogP contribution in [0.3, 0.4) is 0 Å². The number of pyridine rings is 1. The van der Waals surface area contributed by atoms with Crippen LogP contribution >= 0.6 is 0 Å². The molecule has 4 heteroatoms. The van der Waals surface area contributed by atoms with Crippen LogP contribution < -0.4 is 0 Å². The third-order valence-electron chi connectivity index (χ3n) is 1.63. The SMILES string of the molecule is Cc1cc(C#N)c2ncnn2c1. The van der Waals surface area contributed by atoms with Crippen LogP contribution in [0.25, 0.3) is 5.65 Å². The minimum Gasteiger partial charge on any atom is -0.220 e. The zero-order valence-corrected chi connectivity index (χ0v) is 6.52. The van der Waals surface area contributed by atoms with E-state index in [1.54, 1.807) is 10.6 Å². The van der Waals surface area contributed by atoms with E-state index in [4.69, 9.17) is 5.26 Å². The molecule has 0 bridgehead atoms. The number of nitriles is 1. The lowest BCUT2D eigenvalue weighted by Gasteiger charge is -1.95. The van der Waals surface area contributed by atoms with Crippen molar-refractivity contribution in [2.24, 2.45) is 0 Å². The van der Waals surface area contributed by atoms with Gasteiger partial charge in [-0.25, -0.2) is 9.50 Å². The molecule has 0 amide bonds. The number of fused-ring (bicyclic) bond motifs is 1. The van der Waals surface area contributed by atoms with Gasteiger partial charge in [0.2, 0.25) is 0 Å². The molecule has 0 N–H and O–H groups in total. The number of aryl methyl sites for hydroxylation is 1. The third-order valence-corrected chi connectivity index (χ3v) is 1.63. The number of nitrogens with zero attached hydrogens (tertiary/aromatic N) is 4. The molecule has 0 aliphatic heterocycles. The Labute approximate surface area is 69.1 Å². The van der Waals surface area contributed by atoms with Crippen molar-refractivity contribution in [3.63, 3.8) is 0 Å². The Morgan fingerprint density at radius 1 is 1.58 bits per heavy atom. The Balaban J connectivity index is 2.91. The van der Waals surface area contributed by atoms with Crippen LogP contribution in [0.5, 0.6) is 0 Å². The second-order valence-electron chi connectivity index (χ2n) is 2.57. The van der Waals surface area contributed by atoms with E-state index in [1.807, 2.05) is 13.1 Å². The Bertz CT molecular complexity index is 463. The molecule has 0 saturated heterocycles. The summed E-state index contributed by atoms with van der Waals surface area (Å²) in [4.78, 5) is 3.96. The van der Waals surface area contributed by atoms with Crippen LogP contribution in [-0.2, 0) is 0 Å². The lowest BCUT2D eigenvalue weighted by molar-refractivity contribution is 0.949. The van der Waals surface area contributed by atoms with Gasteiger partial charge in [-0.3, -0.25) is 0 Å². The molecule has 0 atom stereocenters. The average Bonchev–Trinajstić information content (AvgIpc) is 2.50. The quantitative estimate of drug-likeness (QED) is 0.572. The largest absolute Gasteiger partial charge is 0.220 e. The van der Waals surface area contributed by atoms with Gasteiger partial charge >= 0.3 is 0 Å².